The minimum Gasteiger partial charge on any atom is -0.273 e. The van der Waals surface area contributed by atoms with Gasteiger partial charge in [-0.25, -0.2) is 14.7 Å². The van der Waals surface area contributed by atoms with Crippen LogP contribution in [0.3, 0.4) is 0 Å². The predicted molar refractivity (Wildman–Crippen MR) is 98.6 cm³/mol. The minimum atomic E-state index is -4.76. The molecule has 3 heterocycles. The average molecular weight is 418 g/mol. The molecule has 0 spiro atoms. The molecule has 156 valence electrons. The van der Waals surface area contributed by atoms with Gasteiger partial charge in [0, 0.05) is 13.1 Å². The monoisotopic (exact) mass is 418 g/mol. The van der Waals surface area contributed by atoms with Gasteiger partial charge in [0.15, 0.2) is 5.69 Å². The Morgan fingerprint density at radius 1 is 1.00 bits per heavy atom. The fourth-order valence-electron chi connectivity index (χ4n) is 3.43. The van der Waals surface area contributed by atoms with Crippen LogP contribution >= 0.6 is 0 Å². The number of alkyl halides is 3. The van der Waals surface area contributed by atoms with Gasteiger partial charge < -0.3 is 0 Å². The van der Waals surface area contributed by atoms with E-state index < -0.39 is 29.2 Å². The van der Waals surface area contributed by atoms with Gasteiger partial charge in [-0.3, -0.25) is 14.7 Å². The van der Waals surface area contributed by atoms with E-state index in [9.17, 15) is 22.8 Å². The number of hydrazine groups is 1. The summed E-state index contributed by atoms with van der Waals surface area (Å²) in [6, 6.07) is 9.19. The number of H-pyrrole nitrogens is 1. The molecule has 0 saturated carbocycles. The van der Waals surface area contributed by atoms with E-state index in [1.807, 2.05) is 35.4 Å². The van der Waals surface area contributed by atoms with Crippen LogP contribution in [0.15, 0.2) is 42.7 Å². The van der Waals surface area contributed by atoms with E-state index in [-0.39, 0.29) is 18.7 Å². The Labute approximate surface area is 168 Å². The van der Waals surface area contributed by atoms with Crippen LogP contribution in [0.25, 0.3) is 5.69 Å². The third-order valence-corrected chi connectivity index (χ3v) is 4.89. The number of aromatic amines is 1. The maximum absolute atomic E-state index is 13.1. The van der Waals surface area contributed by atoms with E-state index >= 15 is 0 Å². The first-order valence-corrected chi connectivity index (χ1v) is 9.13. The molecule has 4 rings (SSSR count). The number of nitrogens with zero attached hydrogens (tertiary/aromatic N) is 5. The summed E-state index contributed by atoms with van der Waals surface area (Å²) in [5.74, 6) is -1.44. The van der Waals surface area contributed by atoms with Crippen molar-refractivity contribution in [2.24, 2.45) is 0 Å². The molecule has 1 fully saturated rings. The van der Waals surface area contributed by atoms with Crippen molar-refractivity contribution in [3.63, 3.8) is 0 Å². The lowest BCUT2D eigenvalue weighted by Crippen LogP contribution is -2.45. The van der Waals surface area contributed by atoms with E-state index in [2.05, 4.69) is 10.2 Å². The largest absolute Gasteiger partial charge is 0.433 e. The molecule has 0 atom stereocenters. The molecule has 30 heavy (non-hydrogen) atoms. The van der Waals surface area contributed by atoms with Crippen LogP contribution in [0.1, 0.15) is 38.5 Å². The number of halogens is 3. The maximum Gasteiger partial charge on any atom is 0.433 e. The van der Waals surface area contributed by atoms with Crippen molar-refractivity contribution in [2.75, 3.05) is 13.1 Å². The smallest absolute Gasteiger partial charge is 0.273 e. The van der Waals surface area contributed by atoms with Gasteiger partial charge in [0.2, 0.25) is 0 Å². The standard InChI is InChI=1S/C19H17F3N6O2/c1-12-14(11-24-28(12)13-6-3-2-4-7-13)17(29)26-8-5-9-27(26)18(30)15-10-23-25-16(15)19(20,21)22/h2-4,6-7,10-11H,5,8-9H2,1H3,(H,23,25). The summed E-state index contributed by atoms with van der Waals surface area (Å²) in [5, 5.41) is 11.6. The highest BCUT2D eigenvalue weighted by Crippen LogP contribution is 2.31. The zero-order valence-electron chi connectivity index (χ0n) is 15.8. The summed E-state index contributed by atoms with van der Waals surface area (Å²) in [7, 11) is 0. The quantitative estimate of drug-likeness (QED) is 0.709. The molecule has 2 amide bonds. The molecule has 1 aromatic carbocycles. The molecule has 1 N–H and O–H groups in total. The Morgan fingerprint density at radius 2 is 1.63 bits per heavy atom. The van der Waals surface area contributed by atoms with Gasteiger partial charge >= 0.3 is 6.18 Å². The number of carbonyl (C=O) groups excluding carboxylic acids is 2. The van der Waals surface area contributed by atoms with Gasteiger partial charge in [-0.1, -0.05) is 18.2 Å². The van der Waals surface area contributed by atoms with Crippen LogP contribution in [0.2, 0.25) is 0 Å². The second-order valence-electron chi connectivity index (χ2n) is 6.76. The van der Waals surface area contributed by atoms with Gasteiger partial charge in [-0.05, 0) is 25.5 Å². The van der Waals surface area contributed by atoms with Crippen LogP contribution in [0.4, 0.5) is 13.2 Å². The number of aromatic nitrogens is 4. The first-order valence-electron chi connectivity index (χ1n) is 9.13. The van der Waals surface area contributed by atoms with Crippen LogP contribution in [0.5, 0.6) is 0 Å². The van der Waals surface area contributed by atoms with Crippen molar-refractivity contribution in [1.82, 2.24) is 30.0 Å². The maximum atomic E-state index is 13.1. The van der Waals surface area contributed by atoms with Gasteiger partial charge in [0.1, 0.15) is 0 Å². The molecule has 3 aromatic rings. The molecule has 11 heteroatoms. The van der Waals surface area contributed by atoms with Gasteiger partial charge in [-0.2, -0.15) is 23.4 Å². The van der Waals surface area contributed by atoms with Crippen LogP contribution in [-0.2, 0) is 6.18 Å². The second kappa shape index (κ2) is 7.32. The fourth-order valence-corrected chi connectivity index (χ4v) is 3.43. The molecule has 1 saturated heterocycles. The van der Waals surface area contributed by atoms with Crippen molar-refractivity contribution in [3.8, 4) is 5.69 Å². The first kappa shape index (κ1) is 19.7. The van der Waals surface area contributed by atoms with Crippen LogP contribution in [-0.4, -0.2) is 54.9 Å². The zero-order valence-corrected chi connectivity index (χ0v) is 15.8. The summed E-state index contributed by atoms with van der Waals surface area (Å²) in [4.78, 5) is 25.9. The highest BCUT2D eigenvalue weighted by molar-refractivity contribution is 6.00. The average Bonchev–Trinajstić information content (AvgIpc) is 3.46. The number of rotatable bonds is 3. The third kappa shape index (κ3) is 3.31. The summed E-state index contributed by atoms with van der Waals surface area (Å²) < 4.78 is 41.0. The summed E-state index contributed by atoms with van der Waals surface area (Å²) in [6.07, 6.45) is -2.10. The Morgan fingerprint density at radius 3 is 2.27 bits per heavy atom. The van der Waals surface area contributed by atoms with Crippen molar-refractivity contribution in [2.45, 2.75) is 19.5 Å². The van der Waals surface area contributed by atoms with Gasteiger partial charge in [-0.15, -0.1) is 0 Å². The van der Waals surface area contributed by atoms with E-state index in [1.54, 1.807) is 11.6 Å². The minimum absolute atomic E-state index is 0.124. The number of hydrogen-bond donors (Lipinski definition) is 1. The number of hydrogen-bond acceptors (Lipinski definition) is 4. The van der Waals surface area contributed by atoms with E-state index in [0.717, 1.165) is 21.9 Å². The van der Waals surface area contributed by atoms with Crippen molar-refractivity contribution in [3.05, 3.63) is 65.2 Å². The van der Waals surface area contributed by atoms with E-state index in [0.29, 0.717) is 12.1 Å². The summed E-state index contributed by atoms with van der Waals surface area (Å²) in [5.41, 5.74) is -0.276. The summed E-state index contributed by atoms with van der Waals surface area (Å²) in [6.45, 7) is 2.05. The highest BCUT2D eigenvalue weighted by Gasteiger charge is 2.41. The third-order valence-electron chi connectivity index (χ3n) is 4.89. The van der Waals surface area contributed by atoms with Crippen LogP contribution in [0, 0.1) is 6.92 Å². The molecule has 1 aliphatic heterocycles. The predicted octanol–water partition coefficient (Wildman–Crippen LogP) is 2.83. The Bertz CT molecular complexity index is 1090. The lowest BCUT2D eigenvalue weighted by atomic mass is 10.2. The Kier molecular flexibility index (Phi) is 4.80. The number of nitrogens with one attached hydrogen (secondary N) is 1. The van der Waals surface area contributed by atoms with Crippen molar-refractivity contribution < 1.29 is 22.8 Å². The van der Waals surface area contributed by atoms with Crippen molar-refractivity contribution >= 4 is 11.8 Å². The normalized spacial score (nSPS) is 14.4. The first-order chi connectivity index (χ1) is 14.3. The molecular weight excluding hydrogens is 401 g/mol. The van der Waals surface area contributed by atoms with Crippen molar-refractivity contribution in [1.29, 1.82) is 0 Å². The number of amides is 2. The zero-order chi connectivity index (χ0) is 21.5. The molecular formula is C19H17F3N6O2. The molecule has 2 aromatic heterocycles. The lowest BCUT2D eigenvalue weighted by molar-refractivity contribution is -0.141. The van der Waals surface area contributed by atoms with Gasteiger partial charge in [0.25, 0.3) is 11.8 Å². The number of benzene rings is 1. The SMILES string of the molecule is Cc1c(C(=O)N2CCCN2C(=O)c2cn[nH]c2C(F)(F)F)cnn1-c1ccccc1. The summed E-state index contributed by atoms with van der Waals surface area (Å²) >= 11 is 0. The molecule has 0 aliphatic carbocycles. The number of carbonyl (C=O) groups is 2. The molecule has 0 bridgehead atoms. The molecule has 8 nitrogen and oxygen atoms in total. The van der Waals surface area contributed by atoms with E-state index in [4.69, 9.17) is 0 Å². The fraction of sp³-hybridized carbons (Fsp3) is 0.263. The lowest BCUT2D eigenvalue weighted by Gasteiger charge is -2.27. The molecule has 0 radical (unpaired) electrons. The topological polar surface area (TPSA) is 87.1 Å². The van der Waals surface area contributed by atoms with Crippen LogP contribution < -0.4 is 0 Å². The number of para-hydroxylation sites is 1. The van der Waals surface area contributed by atoms with Gasteiger partial charge in [0.05, 0.1) is 34.9 Å². The van der Waals surface area contributed by atoms with E-state index in [1.165, 1.54) is 6.20 Å². The Balaban J connectivity index is 1.62. The molecule has 1 aliphatic rings. The Hall–Kier alpha value is -3.63. The second-order valence-corrected chi connectivity index (χ2v) is 6.76. The highest BCUT2D eigenvalue weighted by atomic mass is 19.4. The molecule has 0 unspecified atom stereocenters.